The molecule has 1 saturated carbocycles. The van der Waals surface area contributed by atoms with Gasteiger partial charge in [-0.2, -0.15) is 13.2 Å². The highest BCUT2D eigenvalue weighted by Crippen LogP contribution is 2.31. The summed E-state index contributed by atoms with van der Waals surface area (Å²) in [5.41, 5.74) is -0.355. The Morgan fingerprint density at radius 2 is 1.81 bits per heavy atom. The van der Waals surface area contributed by atoms with Crippen LogP contribution in [-0.2, 0) is 11.0 Å². The molecular formula is C24H34F3N3O2. The summed E-state index contributed by atoms with van der Waals surface area (Å²) in [6, 6.07) is 4.10. The zero-order chi connectivity index (χ0) is 23.3. The number of nitrogens with zero attached hydrogens (tertiary/aromatic N) is 1. The van der Waals surface area contributed by atoms with E-state index in [4.69, 9.17) is 0 Å². The molecule has 8 heteroatoms. The first-order valence-corrected chi connectivity index (χ1v) is 11.7. The molecule has 1 heterocycles. The number of hydrogen-bond donors (Lipinski definition) is 2. The molecular weight excluding hydrogens is 419 g/mol. The Balaban J connectivity index is 1.40. The molecule has 32 heavy (non-hydrogen) atoms. The normalized spacial score (nSPS) is 23.9. The van der Waals surface area contributed by atoms with Crippen molar-refractivity contribution in [3.05, 3.63) is 34.9 Å². The first kappa shape index (κ1) is 24.6. The van der Waals surface area contributed by atoms with Crippen LogP contribution in [0.1, 0.15) is 73.4 Å². The van der Waals surface area contributed by atoms with Gasteiger partial charge in [-0.3, -0.25) is 9.59 Å². The van der Waals surface area contributed by atoms with Crippen molar-refractivity contribution >= 4 is 11.8 Å². The van der Waals surface area contributed by atoms with Crippen molar-refractivity contribution in [2.45, 2.75) is 77.1 Å². The van der Waals surface area contributed by atoms with Crippen LogP contribution in [0.25, 0.3) is 0 Å². The molecule has 1 aliphatic carbocycles. The summed E-state index contributed by atoms with van der Waals surface area (Å²) in [7, 11) is 0. The lowest BCUT2D eigenvalue weighted by Crippen LogP contribution is -2.45. The van der Waals surface area contributed by atoms with Crippen LogP contribution < -0.4 is 10.6 Å². The summed E-state index contributed by atoms with van der Waals surface area (Å²) in [6.45, 7) is 5.36. The van der Waals surface area contributed by atoms with Gasteiger partial charge in [-0.05, 0) is 81.5 Å². The smallest absolute Gasteiger partial charge is 0.352 e. The predicted octanol–water partition coefficient (Wildman–Crippen LogP) is 4.29. The lowest BCUT2D eigenvalue weighted by atomic mass is 9.86. The highest BCUT2D eigenvalue weighted by atomic mass is 19.4. The molecule has 0 radical (unpaired) electrons. The molecule has 0 aromatic heterocycles. The Morgan fingerprint density at radius 3 is 2.47 bits per heavy atom. The number of halogens is 3. The van der Waals surface area contributed by atoms with Crippen LogP contribution in [0.2, 0.25) is 0 Å². The van der Waals surface area contributed by atoms with Crippen LogP contribution in [-0.4, -0.2) is 48.4 Å². The molecule has 2 fully saturated rings. The number of likely N-dealkylation sites (tertiary alicyclic amines) is 1. The van der Waals surface area contributed by atoms with Crippen LogP contribution in [0.5, 0.6) is 0 Å². The molecule has 2 amide bonds. The van der Waals surface area contributed by atoms with E-state index < -0.39 is 17.6 Å². The molecule has 1 saturated heterocycles. The Hall–Kier alpha value is -2.09. The average molecular weight is 454 g/mol. The second-order valence-electron chi connectivity index (χ2n) is 9.19. The second-order valence-corrected chi connectivity index (χ2v) is 9.19. The number of aryl methyl sites for hydroxylation is 1. The van der Waals surface area contributed by atoms with Crippen LogP contribution in [0.15, 0.2) is 18.2 Å². The third-order valence-electron chi connectivity index (χ3n) is 6.78. The molecule has 5 nitrogen and oxygen atoms in total. The van der Waals surface area contributed by atoms with E-state index in [0.29, 0.717) is 36.7 Å². The molecule has 1 aromatic carbocycles. The predicted molar refractivity (Wildman–Crippen MR) is 117 cm³/mol. The molecule has 2 aliphatic rings. The van der Waals surface area contributed by atoms with E-state index in [-0.39, 0.29) is 11.5 Å². The number of hydrogen-bond acceptors (Lipinski definition) is 3. The zero-order valence-electron chi connectivity index (χ0n) is 18.9. The molecule has 2 N–H and O–H groups in total. The number of nitrogens with one attached hydrogen (secondary N) is 2. The minimum Gasteiger partial charge on any atom is -0.352 e. The number of alkyl halides is 3. The first-order chi connectivity index (χ1) is 15.2. The Kier molecular flexibility index (Phi) is 8.20. The van der Waals surface area contributed by atoms with Gasteiger partial charge in [0.1, 0.15) is 0 Å². The lowest BCUT2D eigenvalue weighted by Gasteiger charge is -2.30. The van der Waals surface area contributed by atoms with E-state index in [1.54, 1.807) is 6.92 Å². The molecule has 1 atom stereocenters. The zero-order valence-corrected chi connectivity index (χ0v) is 18.9. The van der Waals surface area contributed by atoms with Gasteiger partial charge < -0.3 is 15.5 Å². The number of carbonyl (C=O) groups excluding carboxylic acids is 2. The van der Waals surface area contributed by atoms with Crippen molar-refractivity contribution in [1.29, 1.82) is 0 Å². The molecule has 1 unspecified atom stereocenters. The fourth-order valence-electron chi connectivity index (χ4n) is 4.91. The number of amides is 2. The van der Waals surface area contributed by atoms with E-state index >= 15 is 0 Å². The Labute approximate surface area is 188 Å². The van der Waals surface area contributed by atoms with E-state index in [1.807, 2.05) is 4.90 Å². The number of carbonyl (C=O) groups is 2. The summed E-state index contributed by atoms with van der Waals surface area (Å²) in [4.78, 5) is 26.9. The van der Waals surface area contributed by atoms with Crippen molar-refractivity contribution in [1.82, 2.24) is 15.5 Å². The van der Waals surface area contributed by atoms with Crippen molar-refractivity contribution in [3.63, 3.8) is 0 Å². The number of rotatable bonds is 7. The third-order valence-corrected chi connectivity index (χ3v) is 6.78. The van der Waals surface area contributed by atoms with Crippen molar-refractivity contribution in [2.24, 2.45) is 5.92 Å². The minimum absolute atomic E-state index is 0.0403. The van der Waals surface area contributed by atoms with Crippen molar-refractivity contribution in [3.8, 4) is 0 Å². The standard InChI is InChI=1S/C24H34F3N3O2/c1-3-21-5-4-10-30(21)22(31)15-28-20-8-6-17(7-9-20)14-29-23(32)18-11-16(2)12-19(13-18)24(25,26)27/h11-13,17,20-21,28H,3-10,14-15H2,1-2H3,(H,29,32)/t17-,20-,21?. The largest absolute Gasteiger partial charge is 0.416 e. The summed E-state index contributed by atoms with van der Waals surface area (Å²) >= 11 is 0. The second kappa shape index (κ2) is 10.7. The van der Waals surface area contributed by atoms with Crippen molar-refractivity contribution < 1.29 is 22.8 Å². The van der Waals surface area contributed by atoms with Crippen LogP contribution in [0, 0.1) is 12.8 Å². The minimum atomic E-state index is -4.47. The van der Waals surface area contributed by atoms with Crippen LogP contribution in [0.3, 0.4) is 0 Å². The lowest BCUT2D eigenvalue weighted by molar-refractivity contribution is -0.137. The quantitative estimate of drug-likeness (QED) is 0.647. The van der Waals surface area contributed by atoms with Gasteiger partial charge in [0.25, 0.3) is 5.91 Å². The number of benzene rings is 1. The highest BCUT2D eigenvalue weighted by molar-refractivity contribution is 5.94. The SMILES string of the molecule is CCC1CCCN1C(=O)CN[C@H]1CC[C@H](CNC(=O)c2cc(C)cc(C(F)(F)F)c2)CC1. The van der Waals surface area contributed by atoms with Gasteiger partial charge in [0.15, 0.2) is 0 Å². The van der Waals surface area contributed by atoms with Gasteiger partial charge in [0.05, 0.1) is 12.1 Å². The van der Waals surface area contributed by atoms with Crippen LogP contribution >= 0.6 is 0 Å². The highest BCUT2D eigenvalue weighted by Gasteiger charge is 2.32. The van der Waals surface area contributed by atoms with E-state index in [0.717, 1.165) is 63.6 Å². The maximum atomic E-state index is 13.0. The Bertz CT molecular complexity index is 804. The maximum absolute atomic E-state index is 13.0. The molecule has 3 rings (SSSR count). The van der Waals surface area contributed by atoms with Gasteiger partial charge in [-0.15, -0.1) is 0 Å². The molecule has 1 aliphatic heterocycles. The Morgan fingerprint density at radius 1 is 1.09 bits per heavy atom. The third kappa shape index (κ3) is 6.47. The fourth-order valence-corrected chi connectivity index (χ4v) is 4.91. The van der Waals surface area contributed by atoms with Gasteiger partial charge in [-0.25, -0.2) is 0 Å². The van der Waals surface area contributed by atoms with Gasteiger partial charge >= 0.3 is 6.18 Å². The van der Waals surface area contributed by atoms with E-state index in [1.165, 1.54) is 6.07 Å². The van der Waals surface area contributed by atoms with Gasteiger partial charge in [0.2, 0.25) is 5.91 Å². The molecule has 0 bridgehead atoms. The average Bonchev–Trinajstić information content (AvgIpc) is 3.24. The fraction of sp³-hybridized carbons (Fsp3) is 0.667. The van der Waals surface area contributed by atoms with Crippen LogP contribution in [0.4, 0.5) is 13.2 Å². The van der Waals surface area contributed by atoms with Gasteiger partial charge in [0, 0.05) is 30.7 Å². The summed E-state index contributed by atoms with van der Waals surface area (Å²) in [6.07, 6.45) is 2.38. The summed E-state index contributed by atoms with van der Waals surface area (Å²) in [5, 5.41) is 6.20. The maximum Gasteiger partial charge on any atom is 0.416 e. The first-order valence-electron chi connectivity index (χ1n) is 11.7. The van der Waals surface area contributed by atoms with Crippen molar-refractivity contribution in [2.75, 3.05) is 19.6 Å². The molecule has 0 spiro atoms. The van der Waals surface area contributed by atoms with E-state index in [9.17, 15) is 22.8 Å². The summed E-state index contributed by atoms with van der Waals surface area (Å²) < 4.78 is 39.0. The topological polar surface area (TPSA) is 61.4 Å². The summed E-state index contributed by atoms with van der Waals surface area (Å²) in [5.74, 6) is 0.00362. The monoisotopic (exact) mass is 453 g/mol. The molecule has 1 aromatic rings. The van der Waals surface area contributed by atoms with E-state index in [2.05, 4.69) is 17.6 Å². The van der Waals surface area contributed by atoms with Gasteiger partial charge in [-0.1, -0.05) is 6.92 Å². The molecule has 178 valence electrons.